The van der Waals surface area contributed by atoms with Crippen molar-refractivity contribution in [1.82, 2.24) is 14.5 Å². The SMILES string of the molecule is Cc1ccc2nc(CCl)n(CC3CCCS3(=O)=O)c2n1. The molecule has 2 aromatic rings. The fraction of sp³-hybridized carbons (Fsp3) is 0.538. The molecule has 1 atom stereocenters. The Hall–Kier alpha value is -1.14. The fourth-order valence-electron chi connectivity index (χ4n) is 2.70. The highest BCUT2D eigenvalue weighted by atomic mass is 35.5. The number of hydrogen-bond acceptors (Lipinski definition) is 4. The van der Waals surface area contributed by atoms with Crippen molar-refractivity contribution in [3.63, 3.8) is 0 Å². The minimum absolute atomic E-state index is 0.252. The van der Waals surface area contributed by atoms with E-state index in [1.807, 2.05) is 23.6 Å². The molecular formula is C13H16ClN3O2S. The van der Waals surface area contributed by atoms with Gasteiger partial charge in [0.2, 0.25) is 0 Å². The number of halogens is 1. The molecule has 0 bridgehead atoms. The highest BCUT2D eigenvalue weighted by Gasteiger charge is 2.32. The van der Waals surface area contributed by atoms with Gasteiger partial charge in [0.15, 0.2) is 15.5 Å². The zero-order valence-corrected chi connectivity index (χ0v) is 12.8. The molecule has 0 N–H and O–H groups in total. The summed E-state index contributed by atoms with van der Waals surface area (Å²) in [7, 11) is -2.99. The lowest BCUT2D eigenvalue weighted by Gasteiger charge is -2.12. The highest BCUT2D eigenvalue weighted by Crippen LogP contribution is 2.25. The molecule has 0 aliphatic carbocycles. The molecule has 1 unspecified atom stereocenters. The van der Waals surface area contributed by atoms with E-state index >= 15 is 0 Å². The molecule has 0 radical (unpaired) electrons. The Morgan fingerprint density at radius 3 is 2.85 bits per heavy atom. The third-order valence-electron chi connectivity index (χ3n) is 3.78. The third kappa shape index (κ3) is 2.31. The number of sulfone groups is 1. The van der Waals surface area contributed by atoms with Gasteiger partial charge in [-0.2, -0.15) is 0 Å². The van der Waals surface area contributed by atoms with Gasteiger partial charge >= 0.3 is 0 Å². The summed E-state index contributed by atoms with van der Waals surface area (Å²) in [5.74, 6) is 1.22. The topological polar surface area (TPSA) is 64.8 Å². The van der Waals surface area contributed by atoms with Gasteiger partial charge in [-0.15, -0.1) is 11.6 Å². The van der Waals surface area contributed by atoms with Crippen molar-refractivity contribution in [2.45, 2.75) is 37.4 Å². The van der Waals surface area contributed by atoms with E-state index in [9.17, 15) is 8.42 Å². The lowest BCUT2D eigenvalue weighted by Crippen LogP contribution is -2.23. The van der Waals surface area contributed by atoms with Crippen molar-refractivity contribution in [3.8, 4) is 0 Å². The smallest absolute Gasteiger partial charge is 0.160 e. The van der Waals surface area contributed by atoms with Gasteiger partial charge in [-0.1, -0.05) is 0 Å². The molecule has 20 heavy (non-hydrogen) atoms. The van der Waals surface area contributed by atoms with Gasteiger partial charge in [0, 0.05) is 12.2 Å². The largest absolute Gasteiger partial charge is 0.310 e. The Labute approximate surface area is 122 Å². The van der Waals surface area contributed by atoms with E-state index in [0.29, 0.717) is 18.8 Å². The van der Waals surface area contributed by atoms with E-state index in [1.165, 1.54) is 0 Å². The van der Waals surface area contributed by atoms with Crippen LogP contribution in [0.1, 0.15) is 24.4 Å². The van der Waals surface area contributed by atoms with Gasteiger partial charge in [-0.05, 0) is 31.9 Å². The lowest BCUT2D eigenvalue weighted by molar-refractivity contribution is 0.564. The van der Waals surface area contributed by atoms with Gasteiger partial charge < -0.3 is 4.57 Å². The molecule has 7 heteroatoms. The molecular weight excluding hydrogens is 298 g/mol. The molecule has 1 aliphatic rings. The molecule has 108 valence electrons. The minimum Gasteiger partial charge on any atom is -0.310 e. The van der Waals surface area contributed by atoms with Gasteiger partial charge in [0.25, 0.3) is 0 Å². The number of aryl methyl sites for hydroxylation is 1. The van der Waals surface area contributed by atoms with E-state index < -0.39 is 9.84 Å². The Kier molecular flexibility index (Phi) is 3.46. The number of pyridine rings is 1. The van der Waals surface area contributed by atoms with Crippen LogP contribution in [0, 0.1) is 6.92 Å². The summed E-state index contributed by atoms with van der Waals surface area (Å²) in [6.07, 6.45) is 1.44. The molecule has 3 rings (SSSR count). The minimum atomic E-state index is -2.99. The van der Waals surface area contributed by atoms with Crippen LogP contribution in [0.3, 0.4) is 0 Å². The van der Waals surface area contributed by atoms with E-state index in [1.54, 1.807) is 0 Å². The van der Waals surface area contributed by atoms with Crippen molar-refractivity contribution in [3.05, 3.63) is 23.7 Å². The van der Waals surface area contributed by atoms with Crippen molar-refractivity contribution in [2.24, 2.45) is 0 Å². The number of aromatic nitrogens is 3. The number of nitrogens with zero attached hydrogens (tertiary/aromatic N) is 3. The van der Waals surface area contributed by atoms with Crippen LogP contribution in [0.5, 0.6) is 0 Å². The second-order valence-electron chi connectivity index (χ2n) is 5.20. The summed E-state index contributed by atoms with van der Waals surface area (Å²) >= 11 is 5.94. The van der Waals surface area contributed by atoms with Crippen molar-refractivity contribution in [2.75, 3.05) is 5.75 Å². The maximum atomic E-state index is 12.0. The van der Waals surface area contributed by atoms with Crippen LogP contribution in [0.25, 0.3) is 11.2 Å². The number of imidazole rings is 1. The first-order chi connectivity index (χ1) is 9.51. The Morgan fingerprint density at radius 1 is 1.40 bits per heavy atom. The van der Waals surface area contributed by atoms with Crippen LogP contribution in [-0.4, -0.2) is 34.0 Å². The van der Waals surface area contributed by atoms with E-state index in [0.717, 1.165) is 23.3 Å². The molecule has 1 fully saturated rings. The van der Waals surface area contributed by atoms with E-state index in [2.05, 4.69) is 9.97 Å². The van der Waals surface area contributed by atoms with E-state index in [4.69, 9.17) is 11.6 Å². The summed E-state index contributed by atoms with van der Waals surface area (Å²) in [5, 5.41) is -0.343. The maximum absolute atomic E-state index is 12.0. The molecule has 1 aliphatic heterocycles. The third-order valence-corrected chi connectivity index (χ3v) is 6.28. The predicted molar refractivity (Wildman–Crippen MR) is 78.6 cm³/mol. The van der Waals surface area contributed by atoms with Crippen LogP contribution in [-0.2, 0) is 22.3 Å². The summed E-state index contributed by atoms with van der Waals surface area (Å²) < 4.78 is 25.9. The normalized spacial score (nSPS) is 21.6. The summed E-state index contributed by atoms with van der Waals surface area (Å²) in [5.41, 5.74) is 2.37. The van der Waals surface area contributed by atoms with Gasteiger partial charge in [0.05, 0.1) is 16.9 Å². The number of rotatable bonds is 3. The quantitative estimate of drug-likeness (QED) is 0.814. The van der Waals surface area contributed by atoms with Crippen LogP contribution in [0.15, 0.2) is 12.1 Å². The molecule has 0 amide bonds. The summed E-state index contributed by atoms with van der Waals surface area (Å²) in [4.78, 5) is 8.92. The van der Waals surface area contributed by atoms with Crippen LogP contribution < -0.4 is 0 Å². The van der Waals surface area contributed by atoms with Gasteiger partial charge in [0.1, 0.15) is 11.3 Å². The first-order valence-corrected chi connectivity index (χ1v) is 8.86. The van der Waals surface area contributed by atoms with Crippen LogP contribution in [0.2, 0.25) is 0 Å². The zero-order valence-electron chi connectivity index (χ0n) is 11.2. The van der Waals surface area contributed by atoms with Crippen LogP contribution in [0.4, 0.5) is 0 Å². The lowest BCUT2D eigenvalue weighted by atomic mass is 10.2. The number of hydrogen-bond donors (Lipinski definition) is 0. The average molecular weight is 314 g/mol. The first-order valence-electron chi connectivity index (χ1n) is 6.61. The fourth-order valence-corrected chi connectivity index (χ4v) is 4.71. The standard InChI is InChI=1S/C13H16ClN3O2S/c1-9-4-5-11-13(15-9)17(12(7-14)16-11)8-10-3-2-6-20(10,18)19/h4-5,10H,2-3,6-8H2,1H3. The second kappa shape index (κ2) is 5.00. The van der Waals surface area contributed by atoms with Crippen LogP contribution >= 0.6 is 11.6 Å². The summed E-state index contributed by atoms with van der Waals surface area (Å²) in [6.45, 7) is 2.31. The highest BCUT2D eigenvalue weighted by molar-refractivity contribution is 7.92. The molecule has 0 spiro atoms. The Balaban J connectivity index is 2.07. The molecule has 0 saturated carbocycles. The Morgan fingerprint density at radius 2 is 2.20 bits per heavy atom. The number of alkyl halides is 1. The zero-order chi connectivity index (χ0) is 14.3. The Bertz CT molecular complexity index is 754. The molecule has 2 aromatic heterocycles. The average Bonchev–Trinajstić information content (AvgIpc) is 2.91. The monoisotopic (exact) mass is 313 g/mol. The second-order valence-corrected chi connectivity index (χ2v) is 7.87. The molecule has 1 saturated heterocycles. The predicted octanol–water partition coefficient (Wildman–Crippen LogP) is 2.06. The molecule has 3 heterocycles. The van der Waals surface area contributed by atoms with Crippen molar-refractivity contribution < 1.29 is 8.42 Å². The first kappa shape index (κ1) is 13.8. The number of fused-ring (bicyclic) bond motifs is 1. The molecule has 0 aromatic carbocycles. The van der Waals surface area contributed by atoms with Gasteiger partial charge in [-0.3, -0.25) is 0 Å². The van der Waals surface area contributed by atoms with Gasteiger partial charge in [-0.25, -0.2) is 18.4 Å². The molecule has 5 nitrogen and oxygen atoms in total. The maximum Gasteiger partial charge on any atom is 0.160 e. The van der Waals surface area contributed by atoms with Crippen molar-refractivity contribution >= 4 is 32.6 Å². The van der Waals surface area contributed by atoms with E-state index in [-0.39, 0.29) is 16.9 Å². The summed E-state index contributed by atoms with van der Waals surface area (Å²) in [6, 6.07) is 3.79. The van der Waals surface area contributed by atoms with Crippen molar-refractivity contribution in [1.29, 1.82) is 0 Å².